The minimum Gasteiger partial charge on any atom is -0.329 e. The van der Waals surface area contributed by atoms with Gasteiger partial charge in [0, 0.05) is 19.1 Å². The number of benzene rings is 3. The fraction of sp³-hybridized carbons (Fsp3) is 0.286. The summed E-state index contributed by atoms with van der Waals surface area (Å²) in [7, 11) is 0. The molecule has 3 aromatic carbocycles. The van der Waals surface area contributed by atoms with E-state index in [9.17, 15) is 9.59 Å². The van der Waals surface area contributed by atoms with Gasteiger partial charge in [0.15, 0.2) is 0 Å². The van der Waals surface area contributed by atoms with E-state index in [0.717, 1.165) is 19.3 Å². The van der Waals surface area contributed by atoms with Crippen LogP contribution in [0.1, 0.15) is 23.6 Å². The van der Waals surface area contributed by atoms with Gasteiger partial charge in [-0.05, 0) is 42.9 Å². The highest BCUT2D eigenvalue weighted by atomic mass is 16.2. The second kappa shape index (κ2) is 10.3. The zero-order chi connectivity index (χ0) is 22.3. The normalized spacial score (nSPS) is 17.5. The molecule has 32 heavy (non-hydrogen) atoms. The lowest BCUT2D eigenvalue weighted by Crippen LogP contribution is -2.62. The Balaban J connectivity index is 1.53. The second-order valence-electron chi connectivity index (χ2n) is 8.57. The first-order chi connectivity index (χ1) is 15.6. The van der Waals surface area contributed by atoms with Crippen LogP contribution in [-0.4, -0.2) is 46.8 Å². The third kappa shape index (κ3) is 5.25. The molecule has 1 aliphatic rings. The van der Waals surface area contributed by atoms with Crippen molar-refractivity contribution in [1.82, 2.24) is 9.80 Å². The number of nitrogens with zero attached hydrogens (tertiary/aromatic N) is 2. The molecule has 0 spiro atoms. The van der Waals surface area contributed by atoms with Crippen LogP contribution in [0, 0.1) is 0 Å². The van der Waals surface area contributed by atoms with Crippen LogP contribution in [0.15, 0.2) is 91.0 Å². The topological polar surface area (TPSA) is 40.6 Å². The molecule has 4 heteroatoms. The van der Waals surface area contributed by atoms with E-state index < -0.39 is 0 Å². The molecule has 0 radical (unpaired) electrons. The summed E-state index contributed by atoms with van der Waals surface area (Å²) in [6.07, 6.45) is 2.22. The van der Waals surface area contributed by atoms with Gasteiger partial charge in [-0.15, -0.1) is 0 Å². The molecule has 0 saturated carbocycles. The van der Waals surface area contributed by atoms with Gasteiger partial charge >= 0.3 is 11.8 Å². The Labute approximate surface area is 190 Å². The summed E-state index contributed by atoms with van der Waals surface area (Å²) in [5, 5.41) is 0. The van der Waals surface area contributed by atoms with Crippen molar-refractivity contribution in [2.75, 3.05) is 13.1 Å². The van der Waals surface area contributed by atoms with Crippen molar-refractivity contribution in [2.45, 2.75) is 38.3 Å². The molecule has 164 valence electrons. The van der Waals surface area contributed by atoms with E-state index in [1.807, 2.05) is 61.5 Å². The van der Waals surface area contributed by atoms with Gasteiger partial charge in [0.05, 0.1) is 6.04 Å². The molecular weight excluding hydrogens is 396 g/mol. The molecule has 0 N–H and O–H groups in total. The van der Waals surface area contributed by atoms with Crippen LogP contribution < -0.4 is 0 Å². The van der Waals surface area contributed by atoms with Crippen LogP contribution in [0.25, 0.3) is 0 Å². The van der Waals surface area contributed by atoms with Crippen LogP contribution in [0.2, 0.25) is 0 Å². The lowest BCUT2D eigenvalue weighted by molar-refractivity contribution is -0.160. The van der Waals surface area contributed by atoms with Crippen LogP contribution in [0.3, 0.4) is 0 Å². The van der Waals surface area contributed by atoms with Crippen molar-refractivity contribution >= 4 is 11.8 Å². The summed E-state index contributed by atoms with van der Waals surface area (Å²) in [5.41, 5.74) is 3.53. The van der Waals surface area contributed by atoms with Gasteiger partial charge < -0.3 is 9.80 Å². The smallest absolute Gasteiger partial charge is 0.312 e. The molecule has 0 bridgehead atoms. The summed E-state index contributed by atoms with van der Waals surface area (Å²) in [6, 6.07) is 30.4. The van der Waals surface area contributed by atoms with E-state index in [-0.39, 0.29) is 23.9 Å². The summed E-state index contributed by atoms with van der Waals surface area (Å²) >= 11 is 0. The molecule has 4 nitrogen and oxygen atoms in total. The predicted molar refractivity (Wildman–Crippen MR) is 127 cm³/mol. The van der Waals surface area contributed by atoms with Crippen molar-refractivity contribution in [3.63, 3.8) is 0 Å². The molecule has 4 rings (SSSR count). The number of piperazine rings is 1. The maximum absolute atomic E-state index is 13.2. The molecule has 1 saturated heterocycles. The summed E-state index contributed by atoms with van der Waals surface area (Å²) in [6.45, 7) is 3.15. The molecule has 0 aromatic heterocycles. The first kappa shape index (κ1) is 21.8. The highest BCUT2D eigenvalue weighted by Crippen LogP contribution is 2.21. The summed E-state index contributed by atoms with van der Waals surface area (Å²) in [4.78, 5) is 29.9. The summed E-state index contributed by atoms with van der Waals surface area (Å²) in [5.74, 6) is -0.765. The predicted octanol–water partition coefficient (Wildman–Crippen LogP) is 4.14. The number of carbonyl (C=O) groups is 2. The Morgan fingerprint density at radius 2 is 1.28 bits per heavy atom. The molecule has 0 unspecified atom stereocenters. The summed E-state index contributed by atoms with van der Waals surface area (Å²) < 4.78 is 0. The molecular formula is C28H30N2O2. The maximum atomic E-state index is 13.2. The molecule has 1 fully saturated rings. The fourth-order valence-electron chi connectivity index (χ4n) is 4.50. The second-order valence-corrected chi connectivity index (χ2v) is 8.57. The Morgan fingerprint density at radius 1 is 0.750 bits per heavy atom. The van der Waals surface area contributed by atoms with E-state index in [2.05, 4.69) is 36.4 Å². The largest absolute Gasteiger partial charge is 0.329 e. The number of hydrogen-bond donors (Lipinski definition) is 0. The van der Waals surface area contributed by atoms with Crippen LogP contribution in [0.5, 0.6) is 0 Å². The SMILES string of the molecule is C[C@H](Cc1ccccc1)N1C[C@H](Cc2ccccc2)N(CCc2ccccc2)C(=O)C1=O. The third-order valence-corrected chi connectivity index (χ3v) is 6.26. The van der Waals surface area contributed by atoms with Crippen molar-refractivity contribution in [2.24, 2.45) is 0 Å². The van der Waals surface area contributed by atoms with Crippen molar-refractivity contribution in [3.8, 4) is 0 Å². The van der Waals surface area contributed by atoms with Crippen molar-refractivity contribution in [3.05, 3.63) is 108 Å². The van der Waals surface area contributed by atoms with Gasteiger partial charge in [0.1, 0.15) is 0 Å². The van der Waals surface area contributed by atoms with Gasteiger partial charge in [0.2, 0.25) is 0 Å². The Hall–Kier alpha value is -3.40. The van der Waals surface area contributed by atoms with Crippen LogP contribution in [-0.2, 0) is 28.9 Å². The highest BCUT2D eigenvalue weighted by molar-refractivity contribution is 6.35. The maximum Gasteiger partial charge on any atom is 0.312 e. The first-order valence-corrected chi connectivity index (χ1v) is 11.3. The Bertz CT molecular complexity index is 1020. The van der Waals surface area contributed by atoms with E-state index in [0.29, 0.717) is 13.1 Å². The lowest BCUT2D eigenvalue weighted by atomic mass is 9.98. The number of hydrogen-bond acceptors (Lipinski definition) is 2. The molecule has 1 heterocycles. The van der Waals surface area contributed by atoms with Crippen molar-refractivity contribution < 1.29 is 9.59 Å². The van der Waals surface area contributed by atoms with Gasteiger partial charge in [-0.1, -0.05) is 91.0 Å². The molecule has 1 aliphatic heterocycles. The number of amides is 2. The Kier molecular flexibility index (Phi) is 7.00. The van der Waals surface area contributed by atoms with Gasteiger partial charge in [0.25, 0.3) is 0 Å². The van der Waals surface area contributed by atoms with Crippen molar-refractivity contribution in [1.29, 1.82) is 0 Å². The Morgan fingerprint density at radius 3 is 1.88 bits per heavy atom. The lowest BCUT2D eigenvalue weighted by Gasteiger charge is -2.43. The average molecular weight is 427 g/mol. The molecule has 0 aliphatic carbocycles. The number of rotatable bonds is 8. The minimum atomic E-state index is -0.384. The third-order valence-electron chi connectivity index (χ3n) is 6.26. The molecule has 2 atom stereocenters. The standard InChI is InChI=1S/C28H30N2O2/c1-22(19-24-13-7-3-8-14-24)30-21-26(20-25-15-9-4-10-16-25)29(27(31)28(30)32)18-17-23-11-5-2-6-12-23/h2-16,22,26H,17-21H2,1H3/t22-,26+/m1/s1. The minimum absolute atomic E-state index is 0.0375. The zero-order valence-electron chi connectivity index (χ0n) is 18.6. The zero-order valence-corrected chi connectivity index (χ0v) is 18.6. The van der Waals surface area contributed by atoms with Crippen LogP contribution in [0.4, 0.5) is 0 Å². The quantitative estimate of drug-likeness (QED) is 0.508. The van der Waals surface area contributed by atoms with Gasteiger partial charge in [-0.3, -0.25) is 9.59 Å². The monoisotopic (exact) mass is 426 g/mol. The van der Waals surface area contributed by atoms with Crippen LogP contribution >= 0.6 is 0 Å². The van der Waals surface area contributed by atoms with E-state index in [1.165, 1.54) is 16.7 Å². The van der Waals surface area contributed by atoms with Gasteiger partial charge in [-0.25, -0.2) is 0 Å². The average Bonchev–Trinajstić information content (AvgIpc) is 2.83. The fourth-order valence-corrected chi connectivity index (χ4v) is 4.50. The molecule has 3 aromatic rings. The molecule has 2 amide bonds. The number of carbonyl (C=O) groups excluding carboxylic acids is 2. The van der Waals surface area contributed by atoms with Gasteiger partial charge in [-0.2, -0.15) is 0 Å². The highest BCUT2D eigenvalue weighted by Gasteiger charge is 2.40. The van der Waals surface area contributed by atoms with E-state index >= 15 is 0 Å². The van der Waals surface area contributed by atoms with E-state index in [1.54, 1.807) is 9.80 Å². The van der Waals surface area contributed by atoms with E-state index in [4.69, 9.17) is 0 Å². The first-order valence-electron chi connectivity index (χ1n) is 11.3.